The van der Waals surface area contributed by atoms with Crippen LogP contribution in [-0.2, 0) is 19.3 Å². The van der Waals surface area contributed by atoms with Gasteiger partial charge in [-0.2, -0.15) is 0 Å². The van der Waals surface area contributed by atoms with Crippen LogP contribution in [0.3, 0.4) is 0 Å². The Labute approximate surface area is 89.8 Å². The molecule has 1 aromatic rings. The van der Waals surface area contributed by atoms with E-state index in [1.54, 1.807) is 10.4 Å². The summed E-state index contributed by atoms with van der Waals surface area (Å²) in [5, 5.41) is 4.67. The van der Waals surface area contributed by atoms with Crippen molar-refractivity contribution in [2.75, 3.05) is 12.4 Å². The van der Waals surface area contributed by atoms with E-state index in [0.717, 1.165) is 6.42 Å². The summed E-state index contributed by atoms with van der Waals surface area (Å²) >= 11 is 1.94. The zero-order valence-corrected chi connectivity index (χ0v) is 9.54. The van der Waals surface area contributed by atoms with E-state index in [0.29, 0.717) is 0 Å². The molecule has 76 valence electrons. The topological polar surface area (TPSA) is 12.0 Å². The molecule has 0 fully saturated rings. The Kier molecular flexibility index (Phi) is 2.92. The molecule has 2 heteroatoms. The second-order valence-corrected chi connectivity index (χ2v) is 4.87. The molecule has 0 saturated heterocycles. The van der Waals surface area contributed by atoms with Crippen molar-refractivity contribution in [2.45, 2.75) is 32.1 Å². The number of rotatable bonds is 3. The molecular formula is C12H17NS. The van der Waals surface area contributed by atoms with Crippen LogP contribution < -0.4 is 5.32 Å². The Morgan fingerprint density at radius 2 is 2.21 bits per heavy atom. The number of fused-ring (bicyclic) bond motifs is 1. The van der Waals surface area contributed by atoms with Crippen LogP contribution in [-0.4, -0.2) is 7.05 Å². The maximum atomic E-state index is 3.84. The first-order valence-corrected chi connectivity index (χ1v) is 6.10. The minimum absolute atomic E-state index is 1.02. The van der Waals surface area contributed by atoms with E-state index in [-0.39, 0.29) is 0 Å². The van der Waals surface area contributed by atoms with Crippen molar-refractivity contribution < 1.29 is 0 Å². The third-order valence-corrected chi connectivity index (χ3v) is 4.21. The van der Waals surface area contributed by atoms with E-state index < -0.39 is 0 Å². The lowest BCUT2D eigenvalue weighted by Gasteiger charge is -2.11. The number of anilines is 1. The van der Waals surface area contributed by atoms with Gasteiger partial charge in [0.15, 0.2) is 0 Å². The highest BCUT2D eigenvalue weighted by Gasteiger charge is 2.18. The van der Waals surface area contributed by atoms with E-state index in [2.05, 4.69) is 11.9 Å². The van der Waals surface area contributed by atoms with Gasteiger partial charge in [0.25, 0.3) is 0 Å². The predicted octanol–water partition coefficient (Wildman–Crippen LogP) is 3.40. The van der Waals surface area contributed by atoms with Gasteiger partial charge in [-0.25, -0.2) is 0 Å². The Bertz CT molecular complexity index is 338. The van der Waals surface area contributed by atoms with Gasteiger partial charge in [-0.05, 0) is 43.2 Å². The van der Waals surface area contributed by atoms with Crippen molar-refractivity contribution in [1.82, 2.24) is 0 Å². The number of aryl methyl sites for hydroxylation is 1. The molecule has 1 aliphatic rings. The van der Waals surface area contributed by atoms with E-state index in [1.807, 2.05) is 24.5 Å². The van der Waals surface area contributed by atoms with Crippen LogP contribution in [0.5, 0.6) is 0 Å². The van der Waals surface area contributed by atoms with Crippen molar-refractivity contribution in [1.29, 1.82) is 0 Å². The number of hydrogen-bond acceptors (Lipinski definition) is 2. The molecule has 0 atom stereocenters. The number of nitrogens with one attached hydrogen (secondary N) is 1. The van der Waals surface area contributed by atoms with Crippen LogP contribution in [0.2, 0.25) is 0 Å². The number of hydrogen-bond donors (Lipinski definition) is 1. The van der Waals surface area contributed by atoms with Crippen molar-refractivity contribution in [3.8, 4) is 0 Å². The normalized spacial score (nSPS) is 14.9. The van der Waals surface area contributed by atoms with Crippen molar-refractivity contribution in [2.24, 2.45) is 0 Å². The Morgan fingerprint density at radius 3 is 2.93 bits per heavy atom. The quantitative estimate of drug-likeness (QED) is 0.749. The number of thiophene rings is 1. The predicted molar refractivity (Wildman–Crippen MR) is 64.4 cm³/mol. The highest BCUT2D eigenvalue weighted by atomic mass is 32.1. The molecule has 1 heterocycles. The zero-order valence-electron chi connectivity index (χ0n) is 8.73. The lowest BCUT2D eigenvalue weighted by atomic mass is 9.94. The molecule has 2 rings (SSSR count). The molecule has 0 spiro atoms. The smallest absolute Gasteiger partial charge is 0.0921 e. The number of allylic oxidation sites excluding steroid dienone is 1. The van der Waals surface area contributed by atoms with Gasteiger partial charge in [0.2, 0.25) is 0 Å². The van der Waals surface area contributed by atoms with Gasteiger partial charge in [-0.15, -0.1) is 17.9 Å². The van der Waals surface area contributed by atoms with Crippen LogP contribution in [0.4, 0.5) is 5.00 Å². The van der Waals surface area contributed by atoms with Crippen LogP contribution >= 0.6 is 11.3 Å². The minimum atomic E-state index is 1.02. The summed E-state index contributed by atoms with van der Waals surface area (Å²) in [5.41, 5.74) is 3.12. The Balaban J connectivity index is 2.42. The summed E-state index contributed by atoms with van der Waals surface area (Å²) in [6.45, 7) is 3.84. The van der Waals surface area contributed by atoms with E-state index in [1.165, 1.54) is 36.2 Å². The molecule has 0 radical (unpaired) electrons. The van der Waals surface area contributed by atoms with Crippen molar-refractivity contribution in [3.63, 3.8) is 0 Å². The summed E-state index contributed by atoms with van der Waals surface area (Å²) in [7, 11) is 2.02. The monoisotopic (exact) mass is 207 g/mol. The minimum Gasteiger partial charge on any atom is -0.380 e. The lowest BCUT2D eigenvalue weighted by molar-refractivity contribution is 0.693. The summed E-state index contributed by atoms with van der Waals surface area (Å²) in [4.78, 5) is 1.61. The summed E-state index contributed by atoms with van der Waals surface area (Å²) < 4.78 is 0. The highest BCUT2D eigenvalue weighted by molar-refractivity contribution is 7.16. The molecule has 1 N–H and O–H groups in total. The molecule has 0 aromatic carbocycles. The Hall–Kier alpha value is -0.760. The first kappa shape index (κ1) is 9.78. The molecule has 14 heavy (non-hydrogen) atoms. The van der Waals surface area contributed by atoms with Gasteiger partial charge in [-0.3, -0.25) is 0 Å². The van der Waals surface area contributed by atoms with Gasteiger partial charge in [0.1, 0.15) is 0 Å². The van der Waals surface area contributed by atoms with Gasteiger partial charge in [-0.1, -0.05) is 6.08 Å². The fourth-order valence-corrected chi connectivity index (χ4v) is 3.47. The van der Waals surface area contributed by atoms with Crippen LogP contribution in [0, 0.1) is 0 Å². The second kappa shape index (κ2) is 4.18. The summed E-state index contributed by atoms with van der Waals surface area (Å²) in [6.07, 6.45) is 8.31. The molecule has 0 unspecified atom stereocenters. The third-order valence-electron chi connectivity index (χ3n) is 2.86. The first-order chi connectivity index (χ1) is 6.86. The molecular weight excluding hydrogens is 190 g/mol. The van der Waals surface area contributed by atoms with E-state index in [4.69, 9.17) is 0 Å². The van der Waals surface area contributed by atoms with E-state index >= 15 is 0 Å². The van der Waals surface area contributed by atoms with Crippen molar-refractivity contribution >= 4 is 16.3 Å². The molecule has 1 aromatic heterocycles. The zero-order chi connectivity index (χ0) is 9.97. The highest BCUT2D eigenvalue weighted by Crippen LogP contribution is 2.38. The summed E-state index contributed by atoms with van der Waals surface area (Å²) in [6, 6.07) is 0. The van der Waals surface area contributed by atoms with Gasteiger partial charge in [0.05, 0.1) is 5.00 Å². The third kappa shape index (κ3) is 1.59. The molecule has 0 saturated carbocycles. The molecule has 0 amide bonds. The molecule has 1 nitrogen and oxygen atoms in total. The van der Waals surface area contributed by atoms with Gasteiger partial charge >= 0.3 is 0 Å². The first-order valence-electron chi connectivity index (χ1n) is 5.29. The average molecular weight is 207 g/mol. The lowest BCUT2D eigenvalue weighted by Crippen LogP contribution is -2.01. The molecule has 1 aliphatic carbocycles. The average Bonchev–Trinajstić information content (AvgIpc) is 2.58. The van der Waals surface area contributed by atoms with Crippen molar-refractivity contribution in [3.05, 3.63) is 28.7 Å². The Morgan fingerprint density at radius 1 is 1.43 bits per heavy atom. The van der Waals surface area contributed by atoms with Gasteiger partial charge < -0.3 is 5.32 Å². The van der Waals surface area contributed by atoms with E-state index in [9.17, 15) is 0 Å². The second-order valence-electron chi connectivity index (χ2n) is 3.76. The summed E-state index contributed by atoms with van der Waals surface area (Å²) in [5.74, 6) is 0. The standard InChI is InChI=1S/C12H17NS/c1-3-6-10-9-7-4-5-8-11(9)14-12(10)13-2/h3,13H,1,4-8H2,2H3. The van der Waals surface area contributed by atoms with Gasteiger partial charge in [0, 0.05) is 11.9 Å². The largest absolute Gasteiger partial charge is 0.380 e. The fourth-order valence-electron chi connectivity index (χ4n) is 2.19. The maximum Gasteiger partial charge on any atom is 0.0921 e. The fraction of sp³-hybridized carbons (Fsp3) is 0.500. The van der Waals surface area contributed by atoms with Crippen LogP contribution in [0.15, 0.2) is 12.7 Å². The SMILES string of the molecule is C=CCc1c(NC)sc2c1CCCC2. The molecule has 0 aliphatic heterocycles. The van der Waals surface area contributed by atoms with Crippen LogP contribution in [0.25, 0.3) is 0 Å². The molecule has 0 bridgehead atoms. The maximum absolute atomic E-state index is 3.84. The van der Waals surface area contributed by atoms with Crippen LogP contribution in [0.1, 0.15) is 28.8 Å².